The summed E-state index contributed by atoms with van der Waals surface area (Å²) in [6.07, 6.45) is 0. The Morgan fingerprint density at radius 2 is 1.50 bits per heavy atom. The van der Waals surface area contributed by atoms with Gasteiger partial charge in [0.1, 0.15) is 0 Å². The summed E-state index contributed by atoms with van der Waals surface area (Å²) in [6, 6.07) is 13.3. The Morgan fingerprint density at radius 1 is 0.850 bits per heavy atom. The first kappa shape index (κ1) is 11.7. The van der Waals surface area contributed by atoms with Crippen LogP contribution in [0.3, 0.4) is 0 Å². The molecule has 1 saturated heterocycles. The van der Waals surface area contributed by atoms with Crippen molar-refractivity contribution in [3.8, 4) is 11.1 Å². The molecule has 0 bridgehead atoms. The van der Waals surface area contributed by atoms with E-state index in [0.717, 1.165) is 22.3 Å². The predicted octanol–water partition coefficient (Wildman–Crippen LogP) is 2.84. The maximum atomic E-state index is 12.1. The molecule has 2 unspecified atom stereocenters. The molecule has 0 radical (unpaired) electrons. The summed E-state index contributed by atoms with van der Waals surface area (Å²) < 4.78 is 0. The van der Waals surface area contributed by atoms with Crippen LogP contribution in [-0.4, -0.2) is 11.8 Å². The third kappa shape index (κ3) is 1.41. The number of fused-ring (bicyclic) bond motifs is 6. The molecular formula is C16H10ClNO2. The number of halogens is 1. The molecular weight excluding hydrogens is 274 g/mol. The van der Waals surface area contributed by atoms with Gasteiger partial charge in [0.15, 0.2) is 0 Å². The fourth-order valence-electron chi connectivity index (χ4n) is 3.27. The smallest absolute Gasteiger partial charge is 0.235 e. The molecule has 1 aliphatic heterocycles. The first-order chi connectivity index (χ1) is 9.66. The van der Waals surface area contributed by atoms with Gasteiger partial charge in [-0.25, -0.2) is 0 Å². The van der Waals surface area contributed by atoms with Crippen molar-refractivity contribution in [3.63, 3.8) is 0 Å². The Labute approximate surface area is 120 Å². The summed E-state index contributed by atoms with van der Waals surface area (Å²) in [5, 5.41) is 3.02. The van der Waals surface area contributed by atoms with Crippen LogP contribution in [0.25, 0.3) is 11.1 Å². The number of carbonyl (C=O) groups is 2. The Morgan fingerprint density at radius 3 is 2.30 bits per heavy atom. The van der Waals surface area contributed by atoms with Crippen LogP contribution in [0.1, 0.15) is 23.0 Å². The largest absolute Gasteiger partial charge is 0.295 e. The maximum Gasteiger partial charge on any atom is 0.235 e. The zero-order chi connectivity index (χ0) is 13.9. The third-order valence-electron chi connectivity index (χ3n) is 4.08. The number of imide groups is 1. The number of benzene rings is 2. The Hall–Kier alpha value is -2.13. The molecule has 0 saturated carbocycles. The minimum atomic E-state index is -0.467. The van der Waals surface area contributed by atoms with Crippen molar-refractivity contribution in [2.75, 3.05) is 0 Å². The Balaban J connectivity index is 2.08. The molecule has 1 N–H and O–H groups in total. The minimum Gasteiger partial charge on any atom is -0.295 e. The van der Waals surface area contributed by atoms with Gasteiger partial charge in [0, 0.05) is 5.02 Å². The van der Waals surface area contributed by atoms with Gasteiger partial charge in [0.05, 0.1) is 11.8 Å². The monoisotopic (exact) mass is 283 g/mol. The SMILES string of the molecule is O=C1NC(=O)C2c3cc(Cl)ccc3-c3ccccc3C12. The van der Waals surface area contributed by atoms with Crippen LogP contribution in [0.5, 0.6) is 0 Å². The van der Waals surface area contributed by atoms with E-state index in [1.165, 1.54) is 0 Å². The molecule has 2 amide bonds. The van der Waals surface area contributed by atoms with Gasteiger partial charge in [0.2, 0.25) is 11.8 Å². The first-order valence-corrected chi connectivity index (χ1v) is 6.78. The van der Waals surface area contributed by atoms with Crippen LogP contribution < -0.4 is 5.32 Å². The average Bonchev–Trinajstić information content (AvgIpc) is 2.74. The van der Waals surface area contributed by atoms with E-state index in [-0.39, 0.29) is 11.8 Å². The Kier molecular flexibility index (Phi) is 2.30. The topological polar surface area (TPSA) is 46.2 Å². The third-order valence-corrected chi connectivity index (χ3v) is 4.31. The fourth-order valence-corrected chi connectivity index (χ4v) is 3.45. The zero-order valence-electron chi connectivity index (χ0n) is 10.4. The highest BCUT2D eigenvalue weighted by atomic mass is 35.5. The first-order valence-electron chi connectivity index (χ1n) is 6.40. The normalized spacial score (nSPS) is 22.9. The minimum absolute atomic E-state index is 0.224. The van der Waals surface area contributed by atoms with E-state index in [9.17, 15) is 9.59 Å². The molecule has 4 heteroatoms. The zero-order valence-corrected chi connectivity index (χ0v) is 11.1. The van der Waals surface area contributed by atoms with Crippen LogP contribution in [0, 0.1) is 0 Å². The lowest BCUT2D eigenvalue weighted by atomic mass is 9.73. The van der Waals surface area contributed by atoms with Gasteiger partial charge in [-0.05, 0) is 34.4 Å². The predicted molar refractivity (Wildman–Crippen MR) is 75.5 cm³/mol. The van der Waals surface area contributed by atoms with E-state index in [4.69, 9.17) is 11.6 Å². The second-order valence-electron chi connectivity index (χ2n) is 5.13. The van der Waals surface area contributed by atoms with Crippen molar-refractivity contribution >= 4 is 23.4 Å². The molecule has 2 aliphatic rings. The molecule has 3 nitrogen and oxygen atoms in total. The molecule has 0 spiro atoms. The summed E-state index contributed by atoms with van der Waals surface area (Å²) in [5.74, 6) is -1.37. The molecule has 1 fully saturated rings. The van der Waals surface area contributed by atoms with E-state index in [0.29, 0.717) is 5.02 Å². The lowest BCUT2D eigenvalue weighted by Gasteiger charge is -2.27. The number of carbonyl (C=O) groups excluding carboxylic acids is 2. The standard InChI is InChI=1S/C16H10ClNO2/c17-8-5-6-10-9-3-1-2-4-11(9)13-14(12(10)7-8)16(20)18-15(13)19/h1-7,13-14H,(H,18,19,20). The summed E-state index contributed by atoms with van der Waals surface area (Å²) in [7, 11) is 0. The lowest BCUT2D eigenvalue weighted by molar-refractivity contribution is -0.125. The van der Waals surface area contributed by atoms with Crippen LogP contribution >= 0.6 is 11.6 Å². The molecule has 1 heterocycles. The van der Waals surface area contributed by atoms with Crippen molar-refractivity contribution in [3.05, 3.63) is 58.6 Å². The molecule has 1 aliphatic carbocycles. The van der Waals surface area contributed by atoms with Gasteiger partial charge in [0.25, 0.3) is 0 Å². The molecule has 2 aromatic carbocycles. The number of amides is 2. The number of rotatable bonds is 0. The van der Waals surface area contributed by atoms with E-state index >= 15 is 0 Å². The highest BCUT2D eigenvalue weighted by Crippen LogP contribution is 2.49. The van der Waals surface area contributed by atoms with Crippen molar-refractivity contribution in [2.24, 2.45) is 0 Å². The van der Waals surface area contributed by atoms with E-state index in [2.05, 4.69) is 5.32 Å². The number of nitrogens with one attached hydrogen (secondary N) is 1. The van der Waals surface area contributed by atoms with Crippen molar-refractivity contribution in [2.45, 2.75) is 11.8 Å². The van der Waals surface area contributed by atoms with Gasteiger partial charge in [-0.3, -0.25) is 14.9 Å². The summed E-state index contributed by atoms with van der Waals surface area (Å²) in [6.45, 7) is 0. The second-order valence-corrected chi connectivity index (χ2v) is 5.56. The van der Waals surface area contributed by atoms with E-state index in [1.54, 1.807) is 6.07 Å². The molecule has 4 rings (SSSR count). The van der Waals surface area contributed by atoms with Gasteiger partial charge >= 0.3 is 0 Å². The summed E-state index contributed by atoms with van der Waals surface area (Å²) >= 11 is 6.06. The Bertz CT molecular complexity index is 769. The van der Waals surface area contributed by atoms with Crippen molar-refractivity contribution < 1.29 is 9.59 Å². The van der Waals surface area contributed by atoms with E-state index < -0.39 is 11.8 Å². The molecule has 2 aromatic rings. The van der Waals surface area contributed by atoms with Crippen molar-refractivity contribution in [1.82, 2.24) is 5.32 Å². The van der Waals surface area contributed by atoms with Crippen LogP contribution in [0.2, 0.25) is 5.02 Å². The molecule has 20 heavy (non-hydrogen) atoms. The van der Waals surface area contributed by atoms with Crippen LogP contribution in [0.4, 0.5) is 0 Å². The molecule has 2 atom stereocenters. The summed E-state index contributed by atoms with van der Waals surface area (Å²) in [5.41, 5.74) is 3.74. The molecule has 0 aromatic heterocycles. The van der Waals surface area contributed by atoms with Gasteiger partial charge < -0.3 is 0 Å². The van der Waals surface area contributed by atoms with Gasteiger partial charge in [-0.15, -0.1) is 0 Å². The van der Waals surface area contributed by atoms with Gasteiger partial charge in [-0.1, -0.05) is 41.9 Å². The highest BCUT2D eigenvalue weighted by Gasteiger charge is 2.47. The average molecular weight is 284 g/mol. The number of hydrogen-bond donors (Lipinski definition) is 1. The second kappa shape index (κ2) is 3.93. The van der Waals surface area contributed by atoms with Crippen LogP contribution in [-0.2, 0) is 9.59 Å². The van der Waals surface area contributed by atoms with Gasteiger partial charge in [-0.2, -0.15) is 0 Å². The molecule has 98 valence electrons. The van der Waals surface area contributed by atoms with E-state index in [1.807, 2.05) is 36.4 Å². The van der Waals surface area contributed by atoms with Crippen LogP contribution in [0.15, 0.2) is 42.5 Å². The summed E-state index contributed by atoms with van der Waals surface area (Å²) in [4.78, 5) is 24.2. The lowest BCUT2D eigenvalue weighted by Crippen LogP contribution is -2.21. The highest BCUT2D eigenvalue weighted by molar-refractivity contribution is 6.31. The number of hydrogen-bond acceptors (Lipinski definition) is 2. The van der Waals surface area contributed by atoms with Crippen molar-refractivity contribution in [1.29, 1.82) is 0 Å². The fraction of sp³-hybridized carbons (Fsp3) is 0.125. The maximum absolute atomic E-state index is 12.1. The quantitative estimate of drug-likeness (QED) is 0.756.